The molecule has 1 fully saturated rings. The number of benzene rings is 1. The first-order chi connectivity index (χ1) is 8.22. The molecule has 1 aliphatic rings. The predicted molar refractivity (Wildman–Crippen MR) is 75.7 cm³/mol. The van der Waals surface area contributed by atoms with Gasteiger partial charge in [-0.15, -0.1) is 12.4 Å². The van der Waals surface area contributed by atoms with Crippen LogP contribution in [0.5, 0.6) is 11.5 Å². The van der Waals surface area contributed by atoms with Crippen molar-refractivity contribution in [2.75, 3.05) is 13.2 Å². The van der Waals surface area contributed by atoms with Crippen LogP contribution in [0, 0.1) is 0 Å². The third-order valence-electron chi connectivity index (χ3n) is 2.99. The minimum Gasteiger partial charge on any atom is -0.493 e. The highest BCUT2D eigenvalue weighted by Crippen LogP contribution is 2.33. The Morgan fingerprint density at radius 1 is 1.22 bits per heavy atom. The maximum absolute atomic E-state index is 5.97. The van der Waals surface area contributed by atoms with E-state index < -0.39 is 0 Å². The summed E-state index contributed by atoms with van der Waals surface area (Å²) in [5.74, 6) is 1.72. The molecule has 1 aromatic rings. The minimum absolute atomic E-state index is 0. The number of unbranched alkanes of at least 4 members (excludes halogenated alkanes) is 1. The van der Waals surface area contributed by atoms with Crippen LogP contribution in [0.15, 0.2) is 24.3 Å². The van der Waals surface area contributed by atoms with Gasteiger partial charge in [0.1, 0.15) is 18.1 Å². The van der Waals surface area contributed by atoms with Gasteiger partial charge >= 0.3 is 0 Å². The third-order valence-corrected chi connectivity index (χ3v) is 2.99. The molecule has 0 aliphatic heterocycles. The van der Waals surface area contributed by atoms with E-state index in [1.54, 1.807) is 0 Å². The SMILES string of the molecule is CCCCOc1cccc(OCC2(N)CC2)c1.Cl. The summed E-state index contributed by atoms with van der Waals surface area (Å²) in [6.45, 7) is 3.52. The molecule has 0 spiro atoms. The zero-order valence-electron chi connectivity index (χ0n) is 10.9. The molecule has 0 atom stereocenters. The van der Waals surface area contributed by atoms with Crippen molar-refractivity contribution in [3.63, 3.8) is 0 Å². The van der Waals surface area contributed by atoms with Crippen molar-refractivity contribution in [3.05, 3.63) is 24.3 Å². The van der Waals surface area contributed by atoms with E-state index in [0.29, 0.717) is 6.61 Å². The van der Waals surface area contributed by atoms with Crippen LogP contribution < -0.4 is 15.2 Å². The molecule has 0 heterocycles. The van der Waals surface area contributed by atoms with E-state index in [1.807, 2.05) is 24.3 Å². The summed E-state index contributed by atoms with van der Waals surface area (Å²) < 4.78 is 11.3. The summed E-state index contributed by atoms with van der Waals surface area (Å²) >= 11 is 0. The Balaban J connectivity index is 0.00000162. The molecule has 0 amide bonds. The van der Waals surface area contributed by atoms with E-state index in [-0.39, 0.29) is 17.9 Å². The van der Waals surface area contributed by atoms with Gasteiger partial charge in [-0.05, 0) is 31.4 Å². The van der Waals surface area contributed by atoms with Gasteiger partial charge in [-0.3, -0.25) is 0 Å². The second-order valence-corrected chi connectivity index (χ2v) is 4.83. The Morgan fingerprint density at radius 3 is 2.50 bits per heavy atom. The fraction of sp³-hybridized carbons (Fsp3) is 0.571. The van der Waals surface area contributed by atoms with Gasteiger partial charge in [0.2, 0.25) is 0 Å². The van der Waals surface area contributed by atoms with E-state index in [1.165, 1.54) is 0 Å². The average Bonchev–Trinajstić information content (AvgIpc) is 3.07. The average molecular weight is 272 g/mol. The summed E-state index contributed by atoms with van der Waals surface area (Å²) in [6, 6.07) is 7.78. The monoisotopic (exact) mass is 271 g/mol. The van der Waals surface area contributed by atoms with Crippen LogP contribution in [0.4, 0.5) is 0 Å². The molecule has 102 valence electrons. The number of rotatable bonds is 7. The van der Waals surface area contributed by atoms with Gasteiger partial charge in [-0.2, -0.15) is 0 Å². The van der Waals surface area contributed by atoms with Gasteiger partial charge in [-0.1, -0.05) is 19.4 Å². The third kappa shape index (κ3) is 4.75. The fourth-order valence-electron chi connectivity index (χ4n) is 1.52. The van der Waals surface area contributed by atoms with E-state index in [0.717, 1.165) is 43.8 Å². The maximum atomic E-state index is 5.97. The van der Waals surface area contributed by atoms with Crippen molar-refractivity contribution < 1.29 is 9.47 Å². The Kier molecular flexibility index (Phi) is 5.76. The van der Waals surface area contributed by atoms with Crippen LogP contribution in [0.1, 0.15) is 32.6 Å². The number of nitrogens with two attached hydrogens (primary N) is 1. The predicted octanol–water partition coefficient (Wildman–Crippen LogP) is 3.16. The lowest BCUT2D eigenvalue weighted by atomic mass is 10.3. The largest absolute Gasteiger partial charge is 0.493 e. The van der Waals surface area contributed by atoms with E-state index in [2.05, 4.69) is 6.92 Å². The zero-order chi connectivity index (χ0) is 12.1. The normalized spacial score (nSPS) is 15.7. The van der Waals surface area contributed by atoms with Crippen molar-refractivity contribution in [1.82, 2.24) is 0 Å². The molecule has 1 saturated carbocycles. The van der Waals surface area contributed by atoms with Crippen molar-refractivity contribution in [2.24, 2.45) is 5.73 Å². The summed E-state index contributed by atoms with van der Waals surface area (Å²) in [7, 11) is 0. The molecule has 2 N–H and O–H groups in total. The second kappa shape index (κ2) is 6.86. The molecule has 0 aromatic heterocycles. The molecule has 1 aromatic carbocycles. The molecule has 0 radical (unpaired) electrons. The van der Waals surface area contributed by atoms with Gasteiger partial charge in [0, 0.05) is 6.07 Å². The molecule has 4 heteroatoms. The van der Waals surface area contributed by atoms with Crippen LogP contribution in [0.2, 0.25) is 0 Å². The molecule has 3 nitrogen and oxygen atoms in total. The number of hydrogen-bond acceptors (Lipinski definition) is 3. The lowest BCUT2D eigenvalue weighted by molar-refractivity contribution is 0.274. The Morgan fingerprint density at radius 2 is 1.89 bits per heavy atom. The lowest BCUT2D eigenvalue weighted by Crippen LogP contribution is -2.29. The summed E-state index contributed by atoms with van der Waals surface area (Å²) in [4.78, 5) is 0. The summed E-state index contributed by atoms with van der Waals surface area (Å²) in [6.07, 6.45) is 4.36. The first-order valence-corrected chi connectivity index (χ1v) is 6.36. The molecular weight excluding hydrogens is 250 g/mol. The molecule has 0 saturated heterocycles. The first-order valence-electron chi connectivity index (χ1n) is 6.36. The topological polar surface area (TPSA) is 44.5 Å². The lowest BCUT2D eigenvalue weighted by Gasteiger charge is -2.12. The fourth-order valence-corrected chi connectivity index (χ4v) is 1.52. The van der Waals surface area contributed by atoms with Crippen molar-refractivity contribution in [3.8, 4) is 11.5 Å². The van der Waals surface area contributed by atoms with Crippen molar-refractivity contribution in [2.45, 2.75) is 38.1 Å². The van der Waals surface area contributed by atoms with Crippen LogP contribution in [-0.2, 0) is 0 Å². The van der Waals surface area contributed by atoms with Gasteiger partial charge < -0.3 is 15.2 Å². The molecule has 1 aliphatic carbocycles. The molecule has 0 unspecified atom stereocenters. The van der Waals surface area contributed by atoms with Crippen LogP contribution in [-0.4, -0.2) is 18.8 Å². The first kappa shape index (κ1) is 15.1. The number of ether oxygens (including phenoxy) is 2. The van der Waals surface area contributed by atoms with E-state index in [9.17, 15) is 0 Å². The van der Waals surface area contributed by atoms with E-state index >= 15 is 0 Å². The molecule has 2 rings (SSSR count). The van der Waals surface area contributed by atoms with Crippen molar-refractivity contribution >= 4 is 12.4 Å². The Hall–Kier alpha value is -0.930. The standard InChI is InChI=1S/C14H21NO2.ClH/c1-2-3-9-16-12-5-4-6-13(10-12)17-11-14(15)7-8-14;/h4-6,10H,2-3,7-9,11,15H2,1H3;1H. The maximum Gasteiger partial charge on any atom is 0.123 e. The second-order valence-electron chi connectivity index (χ2n) is 4.83. The smallest absolute Gasteiger partial charge is 0.123 e. The summed E-state index contributed by atoms with van der Waals surface area (Å²) in [5, 5.41) is 0. The van der Waals surface area contributed by atoms with Crippen LogP contribution in [0.3, 0.4) is 0 Å². The quantitative estimate of drug-likeness (QED) is 0.775. The number of halogens is 1. The Labute approximate surface area is 115 Å². The van der Waals surface area contributed by atoms with Gasteiger partial charge in [0.05, 0.1) is 12.1 Å². The van der Waals surface area contributed by atoms with Gasteiger partial charge in [0.25, 0.3) is 0 Å². The molecular formula is C14H22ClNO2. The minimum atomic E-state index is -0.0704. The Bertz CT molecular complexity index is 367. The van der Waals surface area contributed by atoms with Crippen LogP contribution >= 0.6 is 12.4 Å². The number of hydrogen-bond donors (Lipinski definition) is 1. The van der Waals surface area contributed by atoms with Crippen LogP contribution in [0.25, 0.3) is 0 Å². The zero-order valence-corrected chi connectivity index (χ0v) is 11.7. The highest BCUT2D eigenvalue weighted by atomic mass is 35.5. The van der Waals surface area contributed by atoms with E-state index in [4.69, 9.17) is 15.2 Å². The van der Waals surface area contributed by atoms with Gasteiger partial charge in [0.15, 0.2) is 0 Å². The van der Waals surface area contributed by atoms with Crippen molar-refractivity contribution in [1.29, 1.82) is 0 Å². The molecule has 0 bridgehead atoms. The molecule has 18 heavy (non-hydrogen) atoms. The highest BCUT2D eigenvalue weighted by Gasteiger charge is 2.39. The highest BCUT2D eigenvalue weighted by molar-refractivity contribution is 5.85. The van der Waals surface area contributed by atoms with Gasteiger partial charge in [-0.25, -0.2) is 0 Å². The summed E-state index contributed by atoms with van der Waals surface area (Å²) in [5.41, 5.74) is 5.90.